The van der Waals surface area contributed by atoms with E-state index >= 15 is 0 Å². The molecule has 0 aliphatic heterocycles. The molecule has 0 saturated carbocycles. The Morgan fingerprint density at radius 1 is 1.15 bits per heavy atom. The minimum absolute atomic E-state index is 0.0552. The molecule has 1 aromatic heterocycles. The van der Waals surface area contributed by atoms with Crippen LogP contribution in [0.2, 0.25) is 0 Å². The highest BCUT2D eigenvalue weighted by Crippen LogP contribution is 2.41. The zero-order valence-corrected chi connectivity index (χ0v) is 14.5. The first kappa shape index (κ1) is 17.2. The van der Waals surface area contributed by atoms with Gasteiger partial charge < -0.3 is 5.32 Å². The highest BCUT2D eigenvalue weighted by Gasteiger charge is 2.39. The fourth-order valence-corrected chi connectivity index (χ4v) is 2.54. The SMILES string of the molecule is CC(C)CC(C)(C)C(C)(C)n1cc(CNC(C)C)nn1. The summed E-state index contributed by atoms with van der Waals surface area (Å²) in [5.74, 6) is 0.676. The molecule has 1 rings (SSSR count). The Bertz CT molecular complexity index is 416. The summed E-state index contributed by atoms with van der Waals surface area (Å²) in [4.78, 5) is 0. The normalized spacial score (nSPS) is 13.5. The fraction of sp³-hybridized carbons (Fsp3) is 0.875. The molecule has 0 aliphatic carbocycles. The molecule has 4 heteroatoms. The molecule has 1 heterocycles. The maximum Gasteiger partial charge on any atom is 0.0965 e. The molecule has 0 bridgehead atoms. The third kappa shape index (κ3) is 4.05. The largest absolute Gasteiger partial charge is 0.309 e. The quantitative estimate of drug-likeness (QED) is 0.830. The first-order valence-corrected chi connectivity index (χ1v) is 7.71. The van der Waals surface area contributed by atoms with Crippen molar-refractivity contribution < 1.29 is 0 Å². The average Bonchev–Trinajstić information content (AvgIpc) is 2.73. The van der Waals surface area contributed by atoms with E-state index in [0.717, 1.165) is 12.2 Å². The molecule has 0 atom stereocenters. The van der Waals surface area contributed by atoms with Gasteiger partial charge in [0.25, 0.3) is 0 Å². The van der Waals surface area contributed by atoms with Crippen molar-refractivity contribution in [2.75, 3.05) is 0 Å². The minimum atomic E-state index is -0.0552. The molecule has 20 heavy (non-hydrogen) atoms. The molecule has 4 nitrogen and oxygen atoms in total. The predicted octanol–water partition coefficient (Wildman–Crippen LogP) is 3.58. The van der Waals surface area contributed by atoms with Crippen molar-refractivity contribution >= 4 is 0 Å². The molecule has 0 saturated heterocycles. The standard InChI is InChI=1S/C16H32N4/c1-12(2)9-15(5,6)16(7,8)20-11-14(18-19-20)10-17-13(3)4/h11-13,17H,9-10H2,1-8H3. The van der Waals surface area contributed by atoms with Crippen molar-refractivity contribution in [3.63, 3.8) is 0 Å². The first-order chi connectivity index (χ1) is 9.06. The number of nitrogens with zero attached hydrogens (tertiary/aromatic N) is 3. The van der Waals surface area contributed by atoms with Crippen molar-refractivity contribution in [1.82, 2.24) is 20.3 Å². The predicted molar refractivity (Wildman–Crippen MR) is 84.6 cm³/mol. The van der Waals surface area contributed by atoms with Gasteiger partial charge in [0.15, 0.2) is 0 Å². The van der Waals surface area contributed by atoms with E-state index in [0.29, 0.717) is 12.0 Å². The molecule has 0 spiro atoms. The van der Waals surface area contributed by atoms with Crippen molar-refractivity contribution in [3.05, 3.63) is 11.9 Å². The van der Waals surface area contributed by atoms with E-state index < -0.39 is 0 Å². The Hall–Kier alpha value is -0.900. The maximum absolute atomic E-state index is 4.37. The lowest BCUT2D eigenvalue weighted by atomic mass is 9.70. The first-order valence-electron chi connectivity index (χ1n) is 7.71. The van der Waals surface area contributed by atoms with E-state index in [1.54, 1.807) is 0 Å². The molecule has 1 N–H and O–H groups in total. The van der Waals surface area contributed by atoms with E-state index in [2.05, 4.69) is 77.2 Å². The van der Waals surface area contributed by atoms with Gasteiger partial charge in [-0.1, -0.05) is 46.8 Å². The van der Waals surface area contributed by atoms with Gasteiger partial charge in [-0.3, -0.25) is 0 Å². The van der Waals surface area contributed by atoms with E-state index in [-0.39, 0.29) is 11.0 Å². The zero-order valence-electron chi connectivity index (χ0n) is 14.5. The Kier molecular flexibility index (Phi) is 5.36. The third-order valence-corrected chi connectivity index (χ3v) is 4.38. The van der Waals surface area contributed by atoms with Crippen LogP contribution in [-0.4, -0.2) is 21.0 Å². The molecule has 0 fully saturated rings. The van der Waals surface area contributed by atoms with Gasteiger partial charge in [0.1, 0.15) is 0 Å². The van der Waals surface area contributed by atoms with Gasteiger partial charge in [-0.15, -0.1) is 5.10 Å². The van der Waals surface area contributed by atoms with Gasteiger partial charge >= 0.3 is 0 Å². The number of hydrogen-bond donors (Lipinski definition) is 1. The van der Waals surface area contributed by atoms with Crippen LogP contribution in [0.1, 0.15) is 67.5 Å². The van der Waals surface area contributed by atoms with Crippen LogP contribution in [0, 0.1) is 11.3 Å². The summed E-state index contributed by atoms with van der Waals surface area (Å²) >= 11 is 0. The smallest absolute Gasteiger partial charge is 0.0965 e. The van der Waals surface area contributed by atoms with Crippen LogP contribution < -0.4 is 5.32 Å². The average molecular weight is 280 g/mol. The molecule has 0 amide bonds. The van der Waals surface area contributed by atoms with E-state index in [9.17, 15) is 0 Å². The molecular weight excluding hydrogens is 248 g/mol. The van der Waals surface area contributed by atoms with E-state index in [1.807, 2.05) is 4.68 Å². The summed E-state index contributed by atoms with van der Waals surface area (Å²) in [5, 5.41) is 12.0. The second-order valence-electron chi connectivity index (χ2n) is 7.73. The lowest BCUT2D eigenvalue weighted by Crippen LogP contribution is -2.43. The molecular formula is C16H32N4. The molecule has 1 aromatic rings. The van der Waals surface area contributed by atoms with E-state index in [4.69, 9.17) is 0 Å². The highest BCUT2D eigenvalue weighted by molar-refractivity contribution is 4.99. The van der Waals surface area contributed by atoms with Gasteiger partial charge in [-0.2, -0.15) is 0 Å². The number of aromatic nitrogens is 3. The number of hydrogen-bond acceptors (Lipinski definition) is 3. The van der Waals surface area contributed by atoms with Crippen LogP contribution in [0.5, 0.6) is 0 Å². The minimum Gasteiger partial charge on any atom is -0.309 e. The van der Waals surface area contributed by atoms with Crippen molar-refractivity contribution in [2.45, 2.75) is 79.9 Å². The third-order valence-electron chi connectivity index (χ3n) is 4.38. The zero-order chi connectivity index (χ0) is 15.6. The highest BCUT2D eigenvalue weighted by atomic mass is 15.5. The Morgan fingerprint density at radius 3 is 2.25 bits per heavy atom. The maximum atomic E-state index is 4.37. The van der Waals surface area contributed by atoms with Crippen LogP contribution >= 0.6 is 0 Å². The second kappa shape index (κ2) is 6.25. The van der Waals surface area contributed by atoms with Gasteiger partial charge in [-0.25, -0.2) is 4.68 Å². The molecule has 0 unspecified atom stereocenters. The topological polar surface area (TPSA) is 42.7 Å². The summed E-state index contributed by atoms with van der Waals surface area (Å²) < 4.78 is 2.03. The van der Waals surface area contributed by atoms with Crippen LogP contribution in [0.25, 0.3) is 0 Å². The molecule has 116 valence electrons. The van der Waals surface area contributed by atoms with Gasteiger partial charge in [-0.05, 0) is 31.6 Å². The summed E-state index contributed by atoms with van der Waals surface area (Å²) in [6.07, 6.45) is 3.25. The summed E-state index contributed by atoms with van der Waals surface area (Å²) in [5.41, 5.74) is 1.12. The van der Waals surface area contributed by atoms with Crippen molar-refractivity contribution in [2.24, 2.45) is 11.3 Å². The van der Waals surface area contributed by atoms with Gasteiger partial charge in [0.05, 0.1) is 17.4 Å². The Morgan fingerprint density at radius 2 is 1.75 bits per heavy atom. The molecule has 0 aliphatic rings. The van der Waals surface area contributed by atoms with Crippen LogP contribution in [0.3, 0.4) is 0 Å². The van der Waals surface area contributed by atoms with E-state index in [1.165, 1.54) is 6.42 Å². The second-order valence-corrected chi connectivity index (χ2v) is 7.73. The van der Waals surface area contributed by atoms with Crippen molar-refractivity contribution in [1.29, 1.82) is 0 Å². The number of nitrogens with one attached hydrogen (secondary N) is 1. The van der Waals surface area contributed by atoms with Crippen LogP contribution in [0.4, 0.5) is 0 Å². The van der Waals surface area contributed by atoms with Gasteiger partial charge in [0.2, 0.25) is 0 Å². The fourth-order valence-electron chi connectivity index (χ4n) is 2.54. The summed E-state index contributed by atoms with van der Waals surface area (Å²) in [6, 6.07) is 0.463. The Balaban J connectivity index is 2.87. The molecule has 0 radical (unpaired) electrons. The molecule has 0 aromatic carbocycles. The monoisotopic (exact) mass is 280 g/mol. The lowest BCUT2D eigenvalue weighted by Gasteiger charge is -2.42. The summed E-state index contributed by atoms with van der Waals surface area (Å²) in [6.45, 7) is 18.8. The number of rotatable bonds is 7. The summed E-state index contributed by atoms with van der Waals surface area (Å²) in [7, 11) is 0. The van der Waals surface area contributed by atoms with Crippen LogP contribution in [0.15, 0.2) is 6.20 Å². The lowest BCUT2D eigenvalue weighted by molar-refractivity contribution is 0.0775. The van der Waals surface area contributed by atoms with Gasteiger partial charge in [0, 0.05) is 12.6 Å². The van der Waals surface area contributed by atoms with Crippen LogP contribution in [-0.2, 0) is 12.1 Å². The van der Waals surface area contributed by atoms with Crippen molar-refractivity contribution in [3.8, 4) is 0 Å². The Labute approximate surface area is 124 Å².